The number of hydrogen-bond donors (Lipinski definition) is 0. The minimum Gasteiger partial charge on any atom is -0.344 e. The Labute approximate surface area is 107 Å². The minimum atomic E-state index is 0.0504. The summed E-state index contributed by atoms with van der Waals surface area (Å²) < 4.78 is 1.76. The number of aromatic nitrogens is 2. The molecule has 0 N–H and O–H groups in total. The van der Waals surface area contributed by atoms with E-state index in [1.807, 2.05) is 16.5 Å². The third-order valence-corrected chi connectivity index (χ3v) is 3.90. The molecule has 1 saturated heterocycles. The van der Waals surface area contributed by atoms with Crippen LogP contribution in [0.5, 0.6) is 0 Å². The molecular weight excluding hydrogens is 252 g/mol. The minimum absolute atomic E-state index is 0.0504. The molecular formula is C11H12N4O2S. The van der Waals surface area contributed by atoms with Crippen molar-refractivity contribution >= 4 is 34.3 Å². The van der Waals surface area contributed by atoms with Gasteiger partial charge < -0.3 is 9.80 Å². The number of anilines is 1. The lowest BCUT2D eigenvalue weighted by Crippen LogP contribution is -2.49. The lowest BCUT2D eigenvalue weighted by atomic mass is 10.3. The van der Waals surface area contributed by atoms with E-state index < -0.39 is 0 Å². The van der Waals surface area contributed by atoms with E-state index in [1.54, 1.807) is 16.3 Å². The lowest BCUT2D eigenvalue weighted by Gasteiger charge is -2.32. The van der Waals surface area contributed by atoms with Crippen LogP contribution in [-0.4, -0.2) is 53.2 Å². The molecule has 18 heavy (non-hydrogen) atoms. The van der Waals surface area contributed by atoms with Gasteiger partial charge in [0, 0.05) is 31.7 Å². The van der Waals surface area contributed by atoms with Crippen LogP contribution in [0.25, 0.3) is 4.96 Å². The lowest BCUT2D eigenvalue weighted by molar-refractivity contribution is -0.129. The Balaban J connectivity index is 2.01. The molecule has 1 amide bonds. The number of amides is 1. The molecule has 2 aromatic rings. The van der Waals surface area contributed by atoms with E-state index in [1.165, 1.54) is 11.3 Å². The van der Waals surface area contributed by atoms with Gasteiger partial charge in [0.2, 0.25) is 5.91 Å². The normalized spacial score (nSPS) is 16.6. The molecule has 6 nitrogen and oxygen atoms in total. The molecule has 0 saturated carbocycles. The van der Waals surface area contributed by atoms with Crippen LogP contribution < -0.4 is 4.90 Å². The zero-order valence-corrected chi connectivity index (χ0v) is 10.7. The predicted octanol–water partition coefficient (Wildman–Crippen LogP) is 0.487. The maximum atomic E-state index is 11.7. The van der Waals surface area contributed by atoms with Gasteiger partial charge in [0.15, 0.2) is 17.1 Å². The number of nitrogens with zero attached hydrogens (tertiary/aromatic N) is 4. The highest BCUT2D eigenvalue weighted by Gasteiger charge is 2.26. The highest BCUT2D eigenvalue weighted by atomic mass is 32.1. The summed E-state index contributed by atoms with van der Waals surface area (Å²) in [6.45, 7) is 1.64. The molecule has 1 aliphatic heterocycles. The zero-order valence-electron chi connectivity index (χ0n) is 9.87. The van der Waals surface area contributed by atoms with Gasteiger partial charge in [-0.1, -0.05) is 0 Å². The van der Waals surface area contributed by atoms with Crippen molar-refractivity contribution in [2.45, 2.75) is 0 Å². The highest BCUT2D eigenvalue weighted by molar-refractivity contribution is 7.15. The number of carbonyl (C=O) groups excluding carboxylic acids is 2. The maximum absolute atomic E-state index is 11.7. The van der Waals surface area contributed by atoms with Crippen molar-refractivity contribution in [2.75, 3.05) is 31.6 Å². The Morgan fingerprint density at radius 1 is 1.44 bits per heavy atom. The van der Waals surface area contributed by atoms with Gasteiger partial charge in [0.25, 0.3) is 0 Å². The largest absolute Gasteiger partial charge is 0.344 e. The summed E-state index contributed by atoms with van der Waals surface area (Å²) in [5, 5.41) is 1.88. The summed E-state index contributed by atoms with van der Waals surface area (Å²) in [5.74, 6) is 0.660. The van der Waals surface area contributed by atoms with Gasteiger partial charge in [-0.3, -0.25) is 14.0 Å². The van der Waals surface area contributed by atoms with Crippen LogP contribution in [0.15, 0.2) is 11.6 Å². The van der Waals surface area contributed by atoms with Gasteiger partial charge in [0.05, 0.1) is 6.54 Å². The van der Waals surface area contributed by atoms with Gasteiger partial charge in [0.1, 0.15) is 5.69 Å². The van der Waals surface area contributed by atoms with Gasteiger partial charge in [-0.15, -0.1) is 11.3 Å². The van der Waals surface area contributed by atoms with Crippen molar-refractivity contribution in [1.29, 1.82) is 0 Å². The molecule has 1 aliphatic rings. The summed E-state index contributed by atoms with van der Waals surface area (Å²) in [6, 6.07) is 0. The first-order valence-corrected chi connectivity index (χ1v) is 6.48. The van der Waals surface area contributed by atoms with Crippen LogP contribution in [0, 0.1) is 0 Å². The van der Waals surface area contributed by atoms with Crippen molar-refractivity contribution in [3.63, 3.8) is 0 Å². The van der Waals surface area contributed by atoms with Crippen molar-refractivity contribution in [3.8, 4) is 0 Å². The monoisotopic (exact) mass is 264 g/mol. The molecule has 0 bridgehead atoms. The molecule has 3 heterocycles. The first-order chi connectivity index (χ1) is 8.70. The number of imidazole rings is 1. The third kappa shape index (κ3) is 1.59. The Hall–Kier alpha value is -1.89. The molecule has 1 fully saturated rings. The number of aldehydes is 1. The molecule has 0 aromatic carbocycles. The molecule has 2 aromatic heterocycles. The first kappa shape index (κ1) is 11.2. The number of thiazole rings is 1. The number of piperazine rings is 1. The Bertz CT molecular complexity index is 618. The first-order valence-electron chi connectivity index (χ1n) is 5.60. The average Bonchev–Trinajstić information content (AvgIpc) is 2.92. The predicted molar refractivity (Wildman–Crippen MR) is 68.3 cm³/mol. The molecule has 7 heteroatoms. The molecule has 0 radical (unpaired) electrons. The molecule has 0 aliphatic carbocycles. The van der Waals surface area contributed by atoms with E-state index in [4.69, 9.17) is 0 Å². The summed E-state index contributed by atoms with van der Waals surface area (Å²) in [6.07, 6.45) is 2.61. The third-order valence-electron chi connectivity index (χ3n) is 3.15. The van der Waals surface area contributed by atoms with Crippen LogP contribution in [0.4, 0.5) is 5.82 Å². The van der Waals surface area contributed by atoms with Crippen molar-refractivity contribution in [2.24, 2.45) is 0 Å². The fraction of sp³-hybridized carbons (Fsp3) is 0.364. The van der Waals surface area contributed by atoms with Crippen molar-refractivity contribution in [1.82, 2.24) is 14.3 Å². The average molecular weight is 264 g/mol. The second-order valence-corrected chi connectivity index (χ2v) is 5.10. The van der Waals surface area contributed by atoms with Gasteiger partial charge in [-0.2, -0.15) is 0 Å². The summed E-state index contributed by atoms with van der Waals surface area (Å²) >= 11 is 1.47. The van der Waals surface area contributed by atoms with E-state index in [0.717, 1.165) is 11.2 Å². The summed E-state index contributed by atoms with van der Waals surface area (Å²) in [5.41, 5.74) is 0.517. The summed E-state index contributed by atoms with van der Waals surface area (Å²) in [4.78, 5) is 31.7. The molecule has 0 spiro atoms. The topological polar surface area (TPSA) is 57.9 Å². The molecule has 94 valence electrons. The molecule has 0 atom stereocenters. The number of rotatable bonds is 2. The molecule has 0 unspecified atom stereocenters. The van der Waals surface area contributed by atoms with Gasteiger partial charge >= 0.3 is 0 Å². The Morgan fingerprint density at radius 3 is 3.00 bits per heavy atom. The fourth-order valence-corrected chi connectivity index (χ4v) is 2.79. The van der Waals surface area contributed by atoms with Crippen LogP contribution in [0.2, 0.25) is 0 Å². The van der Waals surface area contributed by atoms with E-state index in [2.05, 4.69) is 4.98 Å². The summed E-state index contributed by atoms with van der Waals surface area (Å²) in [7, 11) is 1.78. The quantitative estimate of drug-likeness (QED) is 0.741. The fourth-order valence-electron chi connectivity index (χ4n) is 2.07. The van der Waals surface area contributed by atoms with E-state index in [9.17, 15) is 9.59 Å². The second-order valence-electron chi connectivity index (χ2n) is 4.23. The van der Waals surface area contributed by atoms with Crippen LogP contribution in [0.1, 0.15) is 10.5 Å². The second kappa shape index (κ2) is 4.09. The standard InChI is InChI=1S/C11H12N4O2S/c1-13-2-3-14(6-9(13)17)10-8(7-16)15-4-5-18-11(15)12-10/h4-5,7H,2-3,6H2,1H3. The van der Waals surface area contributed by atoms with Gasteiger partial charge in [-0.05, 0) is 0 Å². The van der Waals surface area contributed by atoms with Crippen molar-refractivity contribution < 1.29 is 9.59 Å². The van der Waals surface area contributed by atoms with Gasteiger partial charge in [-0.25, -0.2) is 4.98 Å². The number of carbonyl (C=O) groups is 2. The van der Waals surface area contributed by atoms with Crippen LogP contribution in [-0.2, 0) is 4.79 Å². The van der Waals surface area contributed by atoms with E-state index in [-0.39, 0.29) is 12.5 Å². The van der Waals surface area contributed by atoms with Crippen LogP contribution in [0.3, 0.4) is 0 Å². The smallest absolute Gasteiger partial charge is 0.241 e. The zero-order chi connectivity index (χ0) is 12.7. The van der Waals surface area contributed by atoms with E-state index >= 15 is 0 Å². The SMILES string of the molecule is CN1CCN(c2nc3sccn3c2C=O)CC1=O. The Kier molecular flexibility index (Phi) is 2.55. The molecule has 3 rings (SSSR count). The maximum Gasteiger partial charge on any atom is 0.241 e. The highest BCUT2D eigenvalue weighted by Crippen LogP contribution is 2.24. The Morgan fingerprint density at radius 2 is 2.28 bits per heavy atom. The number of likely N-dealkylation sites (N-methyl/N-ethyl adjacent to an activating group) is 1. The van der Waals surface area contributed by atoms with Crippen LogP contribution >= 0.6 is 11.3 Å². The van der Waals surface area contributed by atoms with Crippen molar-refractivity contribution in [3.05, 3.63) is 17.3 Å². The number of fused-ring (bicyclic) bond motifs is 1. The number of hydrogen-bond acceptors (Lipinski definition) is 5. The van der Waals surface area contributed by atoms with E-state index in [0.29, 0.717) is 24.6 Å².